The predicted molar refractivity (Wildman–Crippen MR) is 114 cm³/mol. The van der Waals surface area contributed by atoms with Crippen LogP contribution in [0.4, 0.5) is 26.3 Å². The van der Waals surface area contributed by atoms with Crippen molar-refractivity contribution in [2.75, 3.05) is 26.7 Å². The van der Waals surface area contributed by atoms with Crippen LogP contribution in [0.2, 0.25) is 0 Å². The van der Waals surface area contributed by atoms with Gasteiger partial charge in [-0.2, -0.15) is 26.3 Å². The topological polar surface area (TPSA) is 103 Å². The zero-order valence-corrected chi connectivity index (χ0v) is 19.5. The van der Waals surface area contributed by atoms with E-state index in [0.717, 1.165) is 12.6 Å². The number of piperidine rings is 1. The monoisotopic (exact) mass is 529 g/mol. The standard InChI is InChI=1S/C18H27N3O.2C2HF3O2/c1-22-18-7-9-21(15-5-2-6-15)17-13-20(12-16(17)18)11-14-4-3-8-19-10-14;2*3-2(4,5)1(6)7/h3-4,8,10,15-18H,2,5-7,9,11-13H2,1H3;2*(H,6,7)/t16-,17+,18+;;/m0../s1. The zero-order valence-electron chi connectivity index (χ0n) is 19.5. The largest absolute Gasteiger partial charge is 0.490 e. The van der Waals surface area contributed by atoms with Gasteiger partial charge < -0.3 is 14.9 Å². The first-order valence-electron chi connectivity index (χ1n) is 11.2. The van der Waals surface area contributed by atoms with Crippen LogP contribution in [0.1, 0.15) is 31.2 Å². The Balaban J connectivity index is 0.000000271. The minimum atomic E-state index is -5.08. The smallest absolute Gasteiger partial charge is 0.475 e. The number of carbonyl (C=O) groups is 2. The molecule has 0 amide bonds. The van der Waals surface area contributed by atoms with E-state index in [1.54, 1.807) is 0 Å². The van der Waals surface area contributed by atoms with E-state index in [4.69, 9.17) is 24.5 Å². The van der Waals surface area contributed by atoms with E-state index in [9.17, 15) is 26.3 Å². The Bertz CT molecular complexity index is 827. The van der Waals surface area contributed by atoms with E-state index in [-0.39, 0.29) is 0 Å². The number of methoxy groups -OCH3 is 1. The van der Waals surface area contributed by atoms with Gasteiger partial charge >= 0.3 is 24.3 Å². The van der Waals surface area contributed by atoms with E-state index in [0.29, 0.717) is 18.1 Å². The number of aromatic nitrogens is 1. The van der Waals surface area contributed by atoms with Crippen molar-refractivity contribution in [1.82, 2.24) is 14.8 Å². The lowest BCUT2D eigenvalue weighted by Crippen LogP contribution is -2.56. The van der Waals surface area contributed by atoms with Gasteiger partial charge in [-0.05, 0) is 30.9 Å². The Hall–Kier alpha value is -2.45. The number of nitrogens with zero attached hydrogens (tertiary/aromatic N) is 3. The van der Waals surface area contributed by atoms with E-state index < -0.39 is 24.3 Å². The van der Waals surface area contributed by atoms with E-state index in [2.05, 4.69) is 20.9 Å². The maximum atomic E-state index is 10.6. The number of carboxylic acids is 2. The molecule has 1 saturated carbocycles. The summed E-state index contributed by atoms with van der Waals surface area (Å²) in [4.78, 5) is 27.5. The summed E-state index contributed by atoms with van der Waals surface area (Å²) in [6.07, 6.45) is -0.431. The van der Waals surface area contributed by atoms with Crippen molar-refractivity contribution >= 4 is 11.9 Å². The van der Waals surface area contributed by atoms with Crippen molar-refractivity contribution in [2.24, 2.45) is 5.92 Å². The Kier molecular flexibility index (Phi) is 10.5. The van der Waals surface area contributed by atoms with Gasteiger partial charge in [0.05, 0.1) is 6.10 Å². The number of rotatable bonds is 4. The van der Waals surface area contributed by atoms with Crippen LogP contribution in [0.5, 0.6) is 0 Å². The molecule has 3 fully saturated rings. The second kappa shape index (κ2) is 12.7. The molecule has 0 radical (unpaired) electrons. The first-order valence-corrected chi connectivity index (χ1v) is 11.2. The minimum absolute atomic E-state index is 0.445. The molecule has 8 nitrogen and oxygen atoms in total. The molecule has 3 aliphatic rings. The highest BCUT2D eigenvalue weighted by molar-refractivity contribution is 5.73. The second-order valence-corrected chi connectivity index (χ2v) is 8.78. The first-order chi connectivity index (χ1) is 16.7. The number of fused-ring (bicyclic) bond motifs is 1. The number of pyridine rings is 1. The Morgan fingerprint density at radius 1 is 1.06 bits per heavy atom. The van der Waals surface area contributed by atoms with Crippen LogP contribution >= 0.6 is 0 Å². The van der Waals surface area contributed by atoms with Gasteiger partial charge in [0.15, 0.2) is 0 Å². The highest BCUT2D eigenvalue weighted by Gasteiger charge is 2.47. The van der Waals surface area contributed by atoms with Crippen molar-refractivity contribution in [2.45, 2.75) is 62.8 Å². The summed E-state index contributed by atoms with van der Waals surface area (Å²) in [5.74, 6) is -4.84. The average Bonchev–Trinajstić information content (AvgIpc) is 3.17. The van der Waals surface area contributed by atoms with Crippen LogP contribution in [0.25, 0.3) is 0 Å². The summed E-state index contributed by atoms with van der Waals surface area (Å²) in [6.45, 7) is 4.61. The Morgan fingerprint density at radius 3 is 2.06 bits per heavy atom. The Labute approximate surface area is 203 Å². The van der Waals surface area contributed by atoms with Gasteiger partial charge in [-0.15, -0.1) is 0 Å². The zero-order chi connectivity index (χ0) is 27.1. The van der Waals surface area contributed by atoms with Crippen LogP contribution in [-0.4, -0.2) is 94.2 Å². The van der Waals surface area contributed by atoms with Gasteiger partial charge in [-0.25, -0.2) is 9.59 Å². The molecule has 0 spiro atoms. The van der Waals surface area contributed by atoms with Crippen LogP contribution in [0.15, 0.2) is 24.5 Å². The van der Waals surface area contributed by atoms with Gasteiger partial charge in [-0.1, -0.05) is 12.5 Å². The van der Waals surface area contributed by atoms with Crippen LogP contribution in [-0.2, 0) is 20.9 Å². The predicted octanol–water partition coefficient (Wildman–Crippen LogP) is 3.42. The van der Waals surface area contributed by atoms with Gasteiger partial charge in [0.2, 0.25) is 0 Å². The molecule has 2 N–H and O–H groups in total. The van der Waals surface area contributed by atoms with Gasteiger partial charge in [0.25, 0.3) is 0 Å². The number of alkyl halides is 6. The van der Waals surface area contributed by atoms with Gasteiger partial charge in [0.1, 0.15) is 0 Å². The number of hydrogen-bond acceptors (Lipinski definition) is 6. The first kappa shape index (κ1) is 29.8. The SMILES string of the molecule is CO[C@@H]1CCN(C2CCC2)[C@@H]2CN(Cc3cccnc3)C[C@@H]21.O=C(O)C(F)(F)F.O=C(O)C(F)(F)F. The lowest BCUT2D eigenvalue weighted by molar-refractivity contribution is -0.193. The number of hydrogen-bond donors (Lipinski definition) is 2. The van der Waals surface area contributed by atoms with Crippen molar-refractivity contribution in [3.63, 3.8) is 0 Å². The molecule has 1 aromatic rings. The lowest BCUT2D eigenvalue weighted by Gasteiger charge is -2.48. The van der Waals surface area contributed by atoms with Crippen molar-refractivity contribution in [3.8, 4) is 0 Å². The van der Waals surface area contributed by atoms with Crippen molar-refractivity contribution in [3.05, 3.63) is 30.1 Å². The molecule has 3 atom stereocenters. The molecule has 4 rings (SSSR count). The fourth-order valence-electron chi connectivity index (χ4n) is 4.61. The third-order valence-electron chi connectivity index (χ3n) is 6.44. The average molecular weight is 529 g/mol. The number of halogens is 6. The lowest BCUT2D eigenvalue weighted by atomic mass is 9.83. The molecular weight excluding hydrogens is 500 g/mol. The molecule has 0 unspecified atom stereocenters. The van der Waals surface area contributed by atoms with Crippen molar-refractivity contribution in [1.29, 1.82) is 0 Å². The molecule has 204 valence electrons. The minimum Gasteiger partial charge on any atom is -0.475 e. The maximum Gasteiger partial charge on any atom is 0.490 e. The molecule has 36 heavy (non-hydrogen) atoms. The van der Waals surface area contributed by atoms with E-state index >= 15 is 0 Å². The number of carboxylic acid groups (broad SMARTS) is 2. The molecule has 1 aliphatic carbocycles. The van der Waals surface area contributed by atoms with Crippen molar-refractivity contribution < 1.29 is 50.9 Å². The fraction of sp³-hybridized carbons (Fsp3) is 0.682. The molecule has 2 aliphatic heterocycles. The van der Waals surface area contributed by atoms with Crippen LogP contribution in [0, 0.1) is 5.92 Å². The molecule has 2 saturated heterocycles. The van der Waals surface area contributed by atoms with Crippen LogP contribution < -0.4 is 0 Å². The highest BCUT2D eigenvalue weighted by Crippen LogP contribution is 2.38. The number of likely N-dealkylation sites (tertiary alicyclic amines) is 2. The molecule has 14 heteroatoms. The highest BCUT2D eigenvalue weighted by atomic mass is 19.4. The third-order valence-corrected chi connectivity index (χ3v) is 6.44. The molecule has 1 aromatic heterocycles. The normalized spacial score (nSPS) is 24.9. The van der Waals surface area contributed by atoms with Gasteiger partial charge in [0, 0.05) is 63.7 Å². The Morgan fingerprint density at radius 2 is 1.64 bits per heavy atom. The van der Waals surface area contributed by atoms with Gasteiger partial charge in [-0.3, -0.25) is 14.8 Å². The van der Waals surface area contributed by atoms with Crippen LogP contribution in [0.3, 0.4) is 0 Å². The summed E-state index contributed by atoms with van der Waals surface area (Å²) < 4.78 is 69.3. The van der Waals surface area contributed by atoms with E-state index in [1.165, 1.54) is 50.9 Å². The molecule has 0 bridgehead atoms. The van der Waals surface area contributed by atoms with E-state index in [1.807, 2.05) is 25.6 Å². The summed E-state index contributed by atoms with van der Waals surface area (Å²) in [7, 11) is 1.89. The second-order valence-electron chi connectivity index (χ2n) is 8.78. The maximum absolute atomic E-state index is 10.6. The number of ether oxygens (including phenoxy) is 1. The quantitative estimate of drug-likeness (QED) is 0.573. The number of aliphatic carboxylic acids is 2. The molecule has 3 heterocycles. The summed E-state index contributed by atoms with van der Waals surface area (Å²) in [5.41, 5.74) is 1.32. The fourth-order valence-corrected chi connectivity index (χ4v) is 4.61. The molecular formula is C22H29F6N3O5. The molecule has 0 aromatic carbocycles. The summed E-state index contributed by atoms with van der Waals surface area (Å²) >= 11 is 0. The third kappa shape index (κ3) is 8.59. The summed E-state index contributed by atoms with van der Waals surface area (Å²) in [5, 5.41) is 14.2. The summed E-state index contributed by atoms with van der Waals surface area (Å²) in [6, 6.07) is 5.77.